The molecule has 20 heavy (non-hydrogen) atoms. The molecule has 0 spiro atoms. The van der Waals surface area contributed by atoms with E-state index in [9.17, 15) is 9.90 Å². The van der Waals surface area contributed by atoms with E-state index in [0.29, 0.717) is 26.3 Å². The van der Waals surface area contributed by atoms with E-state index in [1.807, 2.05) is 13.8 Å². The fraction of sp³-hybridized carbons (Fsp3) is 0.929. The van der Waals surface area contributed by atoms with E-state index >= 15 is 0 Å². The number of carbonyl (C=O) groups excluding carboxylic acids is 1. The van der Waals surface area contributed by atoms with Crippen LogP contribution in [0.5, 0.6) is 0 Å². The summed E-state index contributed by atoms with van der Waals surface area (Å²) in [5.41, 5.74) is -0.526. The van der Waals surface area contributed by atoms with Crippen LogP contribution in [0.15, 0.2) is 0 Å². The highest BCUT2D eigenvalue weighted by atomic mass is 16.5. The van der Waals surface area contributed by atoms with Gasteiger partial charge in [-0.2, -0.15) is 0 Å². The van der Waals surface area contributed by atoms with Gasteiger partial charge >= 0.3 is 0 Å². The third-order valence-electron chi connectivity index (χ3n) is 4.47. The van der Waals surface area contributed by atoms with Gasteiger partial charge in [-0.05, 0) is 26.8 Å². The van der Waals surface area contributed by atoms with Gasteiger partial charge in [0.25, 0.3) is 0 Å². The Morgan fingerprint density at radius 2 is 2.15 bits per heavy atom. The zero-order valence-electron chi connectivity index (χ0n) is 12.5. The van der Waals surface area contributed by atoms with Crippen molar-refractivity contribution in [2.75, 3.05) is 45.9 Å². The Labute approximate surface area is 120 Å². The first kappa shape index (κ1) is 15.7. The van der Waals surface area contributed by atoms with Crippen LogP contribution >= 0.6 is 0 Å². The highest BCUT2D eigenvalue weighted by Crippen LogP contribution is 2.17. The largest absolute Gasteiger partial charge is 0.391 e. The van der Waals surface area contributed by atoms with Gasteiger partial charge in [-0.1, -0.05) is 0 Å². The molecule has 6 nitrogen and oxygen atoms in total. The van der Waals surface area contributed by atoms with E-state index in [1.54, 1.807) is 0 Å². The van der Waals surface area contributed by atoms with Crippen molar-refractivity contribution in [2.45, 2.75) is 31.9 Å². The lowest BCUT2D eigenvalue weighted by Gasteiger charge is -2.40. The molecule has 0 unspecified atom stereocenters. The first-order valence-electron chi connectivity index (χ1n) is 7.51. The summed E-state index contributed by atoms with van der Waals surface area (Å²) in [6, 6.07) is 0. The van der Waals surface area contributed by atoms with Crippen LogP contribution in [0.2, 0.25) is 0 Å². The Hall–Kier alpha value is -0.690. The second-order valence-electron chi connectivity index (χ2n) is 6.19. The zero-order chi connectivity index (χ0) is 14.6. The monoisotopic (exact) mass is 285 g/mol. The second-order valence-corrected chi connectivity index (χ2v) is 6.19. The number of carbonyl (C=O) groups is 1. The van der Waals surface area contributed by atoms with Crippen LogP contribution in [-0.2, 0) is 9.53 Å². The summed E-state index contributed by atoms with van der Waals surface area (Å²) >= 11 is 0. The number of piperidine rings is 1. The molecule has 0 aromatic rings. The SMILES string of the molecule is CC(C)(C(=O)NC[C@@H]1CCNC[C@H]1O)N1CCOCC1. The van der Waals surface area contributed by atoms with Crippen LogP contribution < -0.4 is 10.6 Å². The Kier molecular flexibility index (Phi) is 5.37. The molecule has 2 rings (SSSR count). The Bertz CT molecular complexity index is 330. The number of ether oxygens (including phenoxy) is 1. The number of rotatable bonds is 4. The number of morpholine rings is 1. The van der Waals surface area contributed by atoms with Crippen LogP contribution in [0.1, 0.15) is 20.3 Å². The summed E-state index contributed by atoms with van der Waals surface area (Å²) in [7, 11) is 0. The minimum absolute atomic E-state index is 0.0325. The first-order chi connectivity index (χ1) is 9.51. The molecule has 1 amide bonds. The number of β-amino-alcohol motifs (C(OH)–C–C–N with tert-alkyl or cyclic N) is 1. The molecular formula is C14H27N3O3. The Balaban J connectivity index is 1.83. The molecule has 116 valence electrons. The lowest BCUT2D eigenvalue weighted by atomic mass is 9.94. The van der Waals surface area contributed by atoms with Gasteiger partial charge < -0.3 is 20.5 Å². The highest BCUT2D eigenvalue weighted by Gasteiger charge is 2.36. The molecule has 2 heterocycles. The van der Waals surface area contributed by atoms with Gasteiger partial charge in [0.15, 0.2) is 0 Å². The van der Waals surface area contributed by atoms with E-state index in [-0.39, 0.29) is 17.9 Å². The summed E-state index contributed by atoms with van der Waals surface area (Å²) in [5, 5.41) is 16.1. The van der Waals surface area contributed by atoms with Crippen LogP contribution in [0.4, 0.5) is 0 Å². The van der Waals surface area contributed by atoms with Crippen molar-refractivity contribution in [2.24, 2.45) is 5.92 Å². The molecular weight excluding hydrogens is 258 g/mol. The average molecular weight is 285 g/mol. The average Bonchev–Trinajstić information content (AvgIpc) is 2.47. The lowest BCUT2D eigenvalue weighted by molar-refractivity contribution is -0.135. The number of nitrogens with one attached hydrogen (secondary N) is 2. The molecule has 0 bridgehead atoms. The van der Waals surface area contributed by atoms with E-state index < -0.39 is 5.54 Å². The summed E-state index contributed by atoms with van der Waals surface area (Å²) in [6.45, 7) is 8.92. The lowest BCUT2D eigenvalue weighted by Crippen LogP contribution is -2.59. The van der Waals surface area contributed by atoms with Gasteiger partial charge in [0.05, 0.1) is 24.9 Å². The molecule has 0 aromatic heterocycles. The molecule has 2 fully saturated rings. The highest BCUT2D eigenvalue weighted by molar-refractivity contribution is 5.85. The maximum atomic E-state index is 12.4. The minimum Gasteiger partial charge on any atom is -0.391 e. The zero-order valence-corrected chi connectivity index (χ0v) is 12.5. The molecule has 2 aliphatic rings. The van der Waals surface area contributed by atoms with Gasteiger partial charge in [0, 0.05) is 32.1 Å². The van der Waals surface area contributed by atoms with Crippen molar-refractivity contribution in [1.29, 1.82) is 0 Å². The maximum absolute atomic E-state index is 12.4. The van der Waals surface area contributed by atoms with Crippen LogP contribution in [0.25, 0.3) is 0 Å². The molecule has 3 N–H and O–H groups in total. The van der Waals surface area contributed by atoms with Gasteiger partial charge in [0.2, 0.25) is 5.91 Å². The van der Waals surface area contributed by atoms with Crippen LogP contribution in [-0.4, -0.2) is 73.5 Å². The molecule has 0 radical (unpaired) electrons. The first-order valence-corrected chi connectivity index (χ1v) is 7.51. The van der Waals surface area contributed by atoms with Gasteiger partial charge in [-0.15, -0.1) is 0 Å². The molecule has 2 atom stereocenters. The topological polar surface area (TPSA) is 73.8 Å². The van der Waals surface area contributed by atoms with Crippen LogP contribution in [0, 0.1) is 5.92 Å². The third kappa shape index (κ3) is 3.69. The van der Waals surface area contributed by atoms with Crippen molar-refractivity contribution in [3.05, 3.63) is 0 Å². The van der Waals surface area contributed by atoms with Gasteiger partial charge in [-0.3, -0.25) is 9.69 Å². The fourth-order valence-electron chi connectivity index (χ4n) is 2.84. The number of amides is 1. The maximum Gasteiger partial charge on any atom is 0.239 e. The van der Waals surface area contributed by atoms with E-state index in [1.165, 1.54) is 0 Å². The van der Waals surface area contributed by atoms with Crippen molar-refractivity contribution >= 4 is 5.91 Å². The van der Waals surface area contributed by atoms with Gasteiger partial charge in [0.1, 0.15) is 0 Å². The molecule has 0 aliphatic carbocycles. The van der Waals surface area contributed by atoms with Crippen molar-refractivity contribution in [1.82, 2.24) is 15.5 Å². The molecule has 2 saturated heterocycles. The number of aliphatic hydroxyl groups is 1. The summed E-state index contributed by atoms with van der Waals surface area (Å²) in [4.78, 5) is 14.6. The summed E-state index contributed by atoms with van der Waals surface area (Å²) in [5.74, 6) is 0.186. The number of aliphatic hydroxyl groups excluding tert-OH is 1. The molecule has 6 heteroatoms. The smallest absolute Gasteiger partial charge is 0.239 e. The molecule has 0 saturated carbocycles. The Morgan fingerprint density at radius 1 is 1.45 bits per heavy atom. The third-order valence-corrected chi connectivity index (χ3v) is 4.47. The Morgan fingerprint density at radius 3 is 2.80 bits per heavy atom. The van der Waals surface area contributed by atoms with E-state index in [2.05, 4.69) is 15.5 Å². The predicted octanol–water partition coefficient (Wildman–Crippen LogP) is -0.816. The van der Waals surface area contributed by atoms with E-state index in [0.717, 1.165) is 26.1 Å². The number of hydrogen-bond acceptors (Lipinski definition) is 5. The van der Waals surface area contributed by atoms with Crippen LogP contribution in [0.3, 0.4) is 0 Å². The fourth-order valence-corrected chi connectivity index (χ4v) is 2.84. The van der Waals surface area contributed by atoms with Crippen molar-refractivity contribution in [3.8, 4) is 0 Å². The van der Waals surface area contributed by atoms with Crippen molar-refractivity contribution in [3.63, 3.8) is 0 Å². The predicted molar refractivity (Wildman–Crippen MR) is 76.5 cm³/mol. The number of nitrogens with zero attached hydrogens (tertiary/aromatic N) is 1. The second kappa shape index (κ2) is 6.85. The molecule has 0 aromatic carbocycles. The number of hydrogen-bond donors (Lipinski definition) is 3. The summed E-state index contributed by atoms with van der Waals surface area (Å²) < 4.78 is 5.33. The standard InChI is InChI=1S/C14H27N3O3/c1-14(2,17-5-7-20-8-6-17)13(19)16-9-11-3-4-15-10-12(11)18/h11-12,15,18H,3-10H2,1-2H3,(H,16,19)/t11-,12+/m0/s1. The quantitative estimate of drug-likeness (QED) is 0.630. The normalized spacial score (nSPS) is 29.1. The molecule has 2 aliphatic heterocycles. The van der Waals surface area contributed by atoms with Gasteiger partial charge in [-0.25, -0.2) is 0 Å². The van der Waals surface area contributed by atoms with Crippen molar-refractivity contribution < 1.29 is 14.6 Å². The summed E-state index contributed by atoms with van der Waals surface area (Å²) in [6.07, 6.45) is 0.537. The minimum atomic E-state index is -0.526. The van der Waals surface area contributed by atoms with E-state index in [4.69, 9.17) is 4.74 Å².